The maximum Gasteiger partial charge on any atom is 0.307 e. The van der Waals surface area contributed by atoms with Crippen LogP contribution >= 0.6 is 0 Å². The Kier molecular flexibility index (Phi) is 7.56. The number of nitrogens with zero attached hydrogens (tertiary/aromatic N) is 4. The van der Waals surface area contributed by atoms with Crippen LogP contribution in [0.15, 0.2) is 63.5 Å². The van der Waals surface area contributed by atoms with Crippen LogP contribution in [0.5, 0.6) is 0 Å². The van der Waals surface area contributed by atoms with Gasteiger partial charge in [0.2, 0.25) is 5.82 Å². The number of aryl methyl sites for hydroxylation is 1. The van der Waals surface area contributed by atoms with Gasteiger partial charge in [0.05, 0.1) is 11.5 Å². The first kappa shape index (κ1) is 26.3. The molecule has 1 aliphatic rings. The predicted molar refractivity (Wildman–Crippen MR) is 142 cm³/mol. The molecule has 0 bridgehead atoms. The van der Waals surface area contributed by atoms with Crippen molar-refractivity contribution in [1.82, 2.24) is 15.0 Å². The minimum Gasteiger partial charge on any atom is -0.481 e. The zero-order chi connectivity index (χ0) is 27.5. The highest BCUT2D eigenvalue weighted by atomic mass is 19.1. The summed E-state index contributed by atoms with van der Waals surface area (Å²) in [4.78, 5) is 33.4. The molecule has 5 rings (SSSR count). The number of aromatic nitrogens is 2. The third-order valence-electron chi connectivity index (χ3n) is 6.94. The minimum absolute atomic E-state index is 0.0227. The standard InChI is InChI=1S/C29H29FN4O5/c1-18-3-6-20(7-4-18)28-31-27(32-39-28)22-8-5-19(16-23(22)30)15-21(29(36)37)17-24(35)25-9-10-26(38-25)34-13-11-33(2)12-14-34/h3-10,16,21H,11-15,17H2,1-2H3,(H,36,37). The van der Waals surface area contributed by atoms with Crippen LogP contribution in [0.2, 0.25) is 0 Å². The van der Waals surface area contributed by atoms with Crippen LogP contribution < -0.4 is 4.90 Å². The molecule has 2 aromatic carbocycles. The van der Waals surface area contributed by atoms with Gasteiger partial charge in [-0.2, -0.15) is 4.98 Å². The molecule has 1 aliphatic heterocycles. The lowest BCUT2D eigenvalue weighted by Crippen LogP contribution is -2.44. The number of furan rings is 1. The molecule has 1 N–H and O–H groups in total. The highest BCUT2D eigenvalue weighted by molar-refractivity contribution is 5.96. The molecule has 3 heterocycles. The zero-order valence-electron chi connectivity index (χ0n) is 21.8. The largest absolute Gasteiger partial charge is 0.481 e. The topological polar surface area (TPSA) is 113 Å². The Morgan fingerprint density at radius 3 is 2.49 bits per heavy atom. The summed E-state index contributed by atoms with van der Waals surface area (Å²) in [6.07, 6.45) is -0.287. The molecule has 0 spiro atoms. The molecule has 1 atom stereocenters. The minimum atomic E-state index is -1.14. The van der Waals surface area contributed by atoms with Gasteiger partial charge in [-0.25, -0.2) is 4.39 Å². The van der Waals surface area contributed by atoms with Crippen LogP contribution in [0.1, 0.15) is 28.1 Å². The van der Waals surface area contributed by atoms with Gasteiger partial charge in [-0.1, -0.05) is 28.9 Å². The van der Waals surface area contributed by atoms with Gasteiger partial charge in [0, 0.05) is 44.2 Å². The number of carbonyl (C=O) groups excluding carboxylic acids is 1. The van der Waals surface area contributed by atoms with Gasteiger partial charge in [0.1, 0.15) is 5.82 Å². The van der Waals surface area contributed by atoms with E-state index in [4.69, 9.17) is 8.94 Å². The monoisotopic (exact) mass is 532 g/mol. The average Bonchev–Trinajstić information content (AvgIpc) is 3.60. The van der Waals surface area contributed by atoms with E-state index in [0.29, 0.717) is 11.4 Å². The highest BCUT2D eigenvalue weighted by Gasteiger charge is 2.26. The number of ketones is 1. The molecule has 1 fully saturated rings. The number of aliphatic carboxylic acids is 1. The fourth-order valence-corrected chi connectivity index (χ4v) is 4.54. The fourth-order valence-electron chi connectivity index (χ4n) is 4.54. The van der Waals surface area contributed by atoms with E-state index in [1.54, 1.807) is 18.2 Å². The number of anilines is 1. The smallest absolute Gasteiger partial charge is 0.307 e. The molecule has 0 aliphatic carbocycles. The Bertz CT molecular complexity index is 1470. The van der Waals surface area contributed by atoms with Gasteiger partial charge in [-0.3, -0.25) is 9.59 Å². The van der Waals surface area contributed by atoms with Crippen LogP contribution in [0, 0.1) is 18.7 Å². The zero-order valence-corrected chi connectivity index (χ0v) is 21.8. The van der Waals surface area contributed by atoms with Crippen LogP contribution in [0.4, 0.5) is 10.3 Å². The number of hydrogen-bond acceptors (Lipinski definition) is 8. The molecular weight excluding hydrogens is 503 g/mol. The Labute approximate surface area is 224 Å². The third-order valence-corrected chi connectivity index (χ3v) is 6.94. The molecule has 39 heavy (non-hydrogen) atoms. The van der Waals surface area contributed by atoms with Crippen molar-refractivity contribution < 1.29 is 28.0 Å². The number of Topliss-reactive ketones (excluding diaryl/α,β-unsaturated/α-hetero) is 1. The number of carboxylic acids is 1. The first-order valence-electron chi connectivity index (χ1n) is 12.8. The van der Waals surface area contributed by atoms with Crippen LogP contribution in [-0.4, -0.2) is 65.1 Å². The summed E-state index contributed by atoms with van der Waals surface area (Å²) in [5, 5.41) is 13.7. The van der Waals surface area contributed by atoms with Crippen molar-refractivity contribution in [3.63, 3.8) is 0 Å². The van der Waals surface area contributed by atoms with Crippen molar-refractivity contribution in [1.29, 1.82) is 0 Å². The van der Waals surface area contributed by atoms with Crippen molar-refractivity contribution in [2.45, 2.75) is 19.8 Å². The number of benzene rings is 2. The van der Waals surface area contributed by atoms with Gasteiger partial charge >= 0.3 is 5.97 Å². The Hall–Kier alpha value is -4.31. The molecule has 1 saturated heterocycles. The molecule has 1 unspecified atom stereocenters. The number of carboxylic acid groups (broad SMARTS) is 1. The quantitative estimate of drug-likeness (QED) is 0.306. The first-order chi connectivity index (χ1) is 18.8. The van der Waals surface area contributed by atoms with Crippen molar-refractivity contribution in [3.8, 4) is 22.8 Å². The molecule has 4 aromatic rings. The van der Waals surface area contributed by atoms with Gasteiger partial charge in [0.25, 0.3) is 5.89 Å². The van der Waals surface area contributed by atoms with E-state index in [2.05, 4.69) is 19.9 Å². The van der Waals surface area contributed by atoms with Gasteiger partial charge < -0.3 is 23.8 Å². The molecule has 0 amide bonds. The van der Waals surface area contributed by atoms with Gasteiger partial charge in [0.15, 0.2) is 17.4 Å². The lowest BCUT2D eigenvalue weighted by Gasteiger charge is -2.32. The third kappa shape index (κ3) is 6.06. The van der Waals surface area contributed by atoms with Crippen LogP contribution in [-0.2, 0) is 11.2 Å². The summed E-state index contributed by atoms with van der Waals surface area (Å²) in [5.41, 5.74) is 2.38. The number of hydrogen-bond donors (Lipinski definition) is 1. The maximum atomic E-state index is 15.0. The second-order valence-electron chi connectivity index (χ2n) is 9.90. The lowest BCUT2D eigenvalue weighted by molar-refractivity contribution is -0.141. The summed E-state index contributed by atoms with van der Waals surface area (Å²) in [6, 6.07) is 15.2. The van der Waals surface area contributed by atoms with E-state index < -0.39 is 23.5 Å². The van der Waals surface area contributed by atoms with E-state index >= 15 is 4.39 Å². The highest BCUT2D eigenvalue weighted by Crippen LogP contribution is 2.27. The van der Waals surface area contributed by atoms with E-state index in [1.807, 2.05) is 38.2 Å². The van der Waals surface area contributed by atoms with E-state index in [1.165, 1.54) is 12.1 Å². The second-order valence-corrected chi connectivity index (χ2v) is 9.90. The molecule has 9 nitrogen and oxygen atoms in total. The van der Waals surface area contributed by atoms with E-state index in [0.717, 1.165) is 37.3 Å². The second kappa shape index (κ2) is 11.2. The van der Waals surface area contributed by atoms with Crippen molar-refractivity contribution >= 4 is 17.6 Å². The van der Waals surface area contributed by atoms with Crippen LogP contribution in [0.25, 0.3) is 22.8 Å². The predicted octanol–water partition coefficient (Wildman–Crippen LogP) is 4.71. The summed E-state index contributed by atoms with van der Waals surface area (Å²) in [6.45, 7) is 5.32. The summed E-state index contributed by atoms with van der Waals surface area (Å²) >= 11 is 0. The first-order valence-corrected chi connectivity index (χ1v) is 12.8. The molecule has 2 aromatic heterocycles. The molecule has 10 heteroatoms. The molecule has 0 radical (unpaired) electrons. The normalized spacial score (nSPS) is 14.9. The van der Waals surface area contributed by atoms with Crippen molar-refractivity contribution in [2.75, 3.05) is 38.1 Å². The number of likely N-dealkylation sites (N-methyl/N-ethyl adjacent to an activating group) is 1. The lowest BCUT2D eigenvalue weighted by atomic mass is 9.93. The molecule has 202 valence electrons. The van der Waals surface area contributed by atoms with E-state index in [9.17, 15) is 14.7 Å². The number of halogens is 1. The summed E-state index contributed by atoms with van der Waals surface area (Å²) in [5.74, 6) is -2.11. The Morgan fingerprint density at radius 1 is 1.05 bits per heavy atom. The SMILES string of the molecule is Cc1ccc(-c2nc(-c3ccc(CC(CC(=O)c4ccc(N5CCN(C)CC5)o4)C(=O)O)cc3F)no2)cc1. The molecule has 0 saturated carbocycles. The molecular formula is C29H29FN4O5. The number of rotatable bonds is 9. The van der Waals surface area contributed by atoms with Crippen molar-refractivity contribution in [2.24, 2.45) is 5.92 Å². The summed E-state index contributed by atoms with van der Waals surface area (Å²) in [7, 11) is 2.05. The Balaban J connectivity index is 1.25. The van der Waals surface area contributed by atoms with Gasteiger partial charge in [-0.05, 0) is 56.3 Å². The Morgan fingerprint density at radius 2 is 1.79 bits per heavy atom. The summed E-state index contributed by atoms with van der Waals surface area (Å²) < 4.78 is 26.1. The van der Waals surface area contributed by atoms with Crippen molar-refractivity contribution in [3.05, 3.63) is 77.3 Å². The van der Waals surface area contributed by atoms with Crippen LogP contribution in [0.3, 0.4) is 0 Å². The average molecular weight is 533 g/mol. The number of piperazine rings is 1. The number of carbonyl (C=O) groups is 2. The van der Waals surface area contributed by atoms with Gasteiger partial charge in [-0.15, -0.1) is 0 Å². The van der Waals surface area contributed by atoms with E-state index in [-0.39, 0.29) is 35.9 Å². The fraction of sp³-hybridized carbons (Fsp3) is 0.310. The maximum absolute atomic E-state index is 15.0.